The maximum Gasteiger partial charge on any atom is 0.0963 e. The monoisotopic (exact) mass is 209 g/mol. The van der Waals surface area contributed by atoms with Crippen molar-refractivity contribution in [1.82, 2.24) is 10.2 Å². The average molecular weight is 209 g/mol. The number of hydrogen-bond donors (Lipinski definition) is 1. The molecule has 86 valence electrons. The van der Waals surface area contributed by atoms with E-state index in [1.54, 1.807) is 0 Å². The fourth-order valence-electron chi connectivity index (χ4n) is 2.38. The molecule has 15 heavy (non-hydrogen) atoms. The van der Waals surface area contributed by atoms with Crippen molar-refractivity contribution in [3.05, 3.63) is 0 Å². The molecule has 1 saturated heterocycles. The first-order chi connectivity index (χ1) is 7.45. The third-order valence-corrected chi connectivity index (χ3v) is 3.33. The van der Waals surface area contributed by atoms with Crippen LogP contribution in [0.3, 0.4) is 0 Å². The molecule has 3 heteroatoms. The van der Waals surface area contributed by atoms with Crippen LogP contribution in [0.1, 0.15) is 38.5 Å². The lowest BCUT2D eigenvalue weighted by Gasteiger charge is -2.26. The van der Waals surface area contributed by atoms with E-state index in [0.29, 0.717) is 0 Å². The third kappa shape index (κ3) is 3.82. The molecule has 0 unspecified atom stereocenters. The van der Waals surface area contributed by atoms with Crippen LogP contribution in [0.15, 0.2) is 4.99 Å². The Morgan fingerprint density at radius 1 is 1.07 bits per heavy atom. The standard InChI is InChI=1S/C12H23N3/c1-4-9-15(10-5-1)11-8-14-12-6-2-3-7-13-12/h1-11H2,(H,13,14). The largest absolute Gasteiger partial charge is 0.373 e. The van der Waals surface area contributed by atoms with Gasteiger partial charge in [-0.2, -0.15) is 0 Å². The number of rotatable bonds is 3. The van der Waals surface area contributed by atoms with E-state index in [1.807, 2.05) is 0 Å². The Kier molecular flexibility index (Phi) is 4.45. The molecule has 2 rings (SSSR count). The van der Waals surface area contributed by atoms with Crippen LogP contribution in [0.5, 0.6) is 0 Å². The Bertz CT molecular complexity index is 207. The smallest absolute Gasteiger partial charge is 0.0963 e. The highest BCUT2D eigenvalue weighted by molar-refractivity contribution is 5.82. The molecule has 2 aliphatic heterocycles. The normalized spacial score (nSPS) is 23.6. The van der Waals surface area contributed by atoms with E-state index < -0.39 is 0 Å². The molecule has 0 spiro atoms. The van der Waals surface area contributed by atoms with Crippen molar-refractivity contribution < 1.29 is 0 Å². The summed E-state index contributed by atoms with van der Waals surface area (Å²) in [5.74, 6) is 1.25. The minimum Gasteiger partial charge on any atom is -0.373 e. The molecule has 0 aromatic rings. The summed E-state index contributed by atoms with van der Waals surface area (Å²) in [4.78, 5) is 7.07. The second-order valence-electron chi connectivity index (χ2n) is 4.61. The SMILES string of the molecule is C1CCN(CCNC2=NCCCC2)CC1. The number of nitrogens with one attached hydrogen (secondary N) is 1. The summed E-state index contributed by atoms with van der Waals surface area (Å²) >= 11 is 0. The molecule has 0 aromatic heterocycles. The molecule has 0 aromatic carbocycles. The molecule has 0 saturated carbocycles. The fraction of sp³-hybridized carbons (Fsp3) is 0.917. The number of piperidine rings is 1. The zero-order valence-corrected chi connectivity index (χ0v) is 9.67. The van der Waals surface area contributed by atoms with Crippen LogP contribution in [-0.4, -0.2) is 43.5 Å². The van der Waals surface area contributed by atoms with Gasteiger partial charge in [-0.05, 0) is 38.8 Å². The second kappa shape index (κ2) is 6.11. The van der Waals surface area contributed by atoms with E-state index in [0.717, 1.165) is 13.1 Å². The molecule has 3 nitrogen and oxygen atoms in total. The lowest BCUT2D eigenvalue weighted by molar-refractivity contribution is 0.232. The van der Waals surface area contributed by atoms with Crippen LogP contribution in [0, 0.1) is 0 Å². The Hall–Kier alpha value is -0.570. The van der Waals surface area contributed by atoms with Gasteiger partial charge in [0.15, 0.2) is 0 Å². The number of likely N-dealkylation sites (tertiary alicyclic amines) is 1. The van der Waals surface area contributed by atoms with E-state index in [2.05, 4.69) is 15.2 Å². The van der Waals surface area contributed by atoms with Gasteiger partial charge in [-0.25, -0.2) is 0 Å². The first-order valence-corrected chi connectivity index (χ1v) is 6.45. The van der Waals surface area contributed by atoms with E-state index >= 15 is 0 Å². The molecule has 0 atom stereocenters. The lowest BCUT2D eigenvalue weighted by Crippen LogP contribution is -2.38. The summed E-state index contributed by atoms with van der Waals surface area (Å²) in [6.07, 6.45) is 7.96. The number of nitrogens with zero attached hydrogens (tertiary/aromatic N) is 2. The van der Waals surface area contributed by atoms with Gasteiger partial charge >= 0.3 is 0 Å². The molecule has 0 amide bonds. The molecule has 1 fully saturated rings. The number of aliphatic imine (C=N–C) groups is 1. The lowest BCUT2D eigenvalue weighted by atomic mass is 10.1. The van der Waals surface area contributed by atoms with Crippen LogP contribution in [-0.2, 0) is 0 Å². The predicted molar refractivity (Wildman–Crippen MR) is 64.4 cm³/mol. The van der Waals surface area contributed by atoms with Crippen LogP contribution in [0.4, 0.5) is 0 Å². The van der Waals surface area contributed by atoms with Gasteiger partial charge in [0.1, 0.15) is 0 Å². The zero-order valence-electron chi connectivity index (χ0n) is 9.67. The molecule has 0 radical (unpaired) electrons. The highest BCUT2D eigenvalue weighted by Crippen LogP contribution is 2.07. The summed E-state index contributed by atoms with van der Waals surface area (Å²) in [6, 6.07) is 0. The van der Waals surface area contributed by atoms with Gasteiger partial charge in [0.05, 0.1) is 5.84 Å². The van der Waals surface area contributed by atoms with Gasteiger partial charge in [0.25, 0.3) is 0 Å². The van der Waals surface area contributed by atoms with Crippen molar-refractivity contribution in [1.29, 1.82) is 0 Å². The third-order valence-electron chi connectivity index (χ3n) is 3.33. The molecular weight excluding hydrogens is 186 g/mol. The van der Waals surface area contributed by atoms with Crippen LogP contribution in [0.2, 0.25) is 0 Å². The van der Waals surface area contributed by atoms with Crippen molar-refractivity contribution in [2.45, 2.75) is 38.5 Å². The van der Waals surface area contributed by atoms with Crippen molar-refractivity contribution in [3.8, 4) is 0 Å². The van der Waals surface area contributed by atoms with Crippen molar-refractivity contribution in [2.24, 2.45) is 4.99 Å². The van der Waals surface area contributed by atoms with Gasteiger partial charge in [-0.3, -0.25) is 4.99 Å². The Labute approximate surface area is 92.9 Å². The minimum atomic E-state index is 1.03. The molecule has 2 aliphatic rings. The van der Waals surface area contributed by atoms with Crippen molar-refractivity contribution >= 4 is 5.84 Å². The molecule has 2 heterocycles. The summed E-state index contributed by atoms with van der Waals surface area (Å²) in [6.45, 7) is 5.91. The topological polar surface area (TPSA) is 27.6 Å². The predicted octanol–water partition coefficient (Wildman–Crippen LogP) is 1.64. The Morgan fingerprint density at radius 3 is 2.67 bits per heavy atom. The van der Waals surface area contributed by atoms with E-state index in [4.69, 9.17) is 0 Å². The van der Waals surface area contributed by atoms with Crippen LogP contribution >= 0.6 is 0 Å². The second-order valence-corrected chi connectivity index (χ2v) is 4.61. The molecule has 0 aliphatic carbocycles. The average Bonchev–Trinajstić information content (AvgIpc) is 2.32. The Balaban J connectivity index is 1.59. The van der Waals surface area contributed by atoms with E-state index in [1.165, 1.54) is 64.0 Å². The van der Waals surface area contributed by atoms with E-state index in [-0.39, 0.29) is 0 Å². The van der Waals surface area contributed by atoms with Gasteiger partial charge in [-0.15, -0.1) is 0 Å². The van der Waals surface area contributed by atoms with Crippen molar-refractivity contribution in [2.75, 3.05) is 32.7 Å². The molecule has 1 N–H and O–H groups in total. The van der Waals surface area contributed by atoms with Crippen LogP contribution in [0.25, 0.3) is 0 Å². The van der Waals surface area contributed by atoms with Gasteiger partial charge in [-0.1, -0.05) is 6.42 Å². The highest BCUT2D eigenvalue weighted by atomic mass is 15.1. The fourth-order valence-corrected chi connectivity index (χ4v) is 2.38. The first kappa shape index (κ1) is 10.9. The number of hydrogen-bond acceptors (Lipinski definition) is 3. The maximum absolute atomic E-state index is 4.50. The molecular formula is C12H23N3. The number of amidine groups is 1. The Morgan fingerprint density at radius 2 is 1.93 bits per heavy atom. The van der Waals surface area contributed by atoms with Gasteiger partial charge in [0.2, 0.25) is 0 Å². The highest BCUT2D eigenvalue weighted by Gasteiger charge is 2.09. The summed E-state index contributed by atoms with van der Waals surface area (Å²) in [7, 11) is 0. The zero-order chi connectivity index (χ0) is 10.3. The van der Waals surface area contributed by atoms with Crippen molar-refractivity contribution in [3.63, 3.8) is 0 Å². The molecule has 0 bridgehead atoms. The summed E-state index contributed by atoms with van der Waals surface area (Å²) < 4.78 is 0. The maximum atomic E-state index is 4.50. The van der Waals surface area contributed by atoms with Gasteiger partial charge < -0.3 is 10.2 Å². The van der Waals surface area contributed by atoms with Crippen LogP contribution < -0.4 is 5.32 Å². The first-order valence-electron chi connectivity index (χ1n) is 6.45. The van der Waals surface area contributed by atoms with E-state index in [9.17, 15) is 0 Å². The summed E-state index contributed by atoms with van der Waals surface area (Å²) in [5.41, 5.74) is 0. The summed E-state index contributed by atoms with van der Waals surface area (Å²) in [5, 5.41) is 3.48. The minimum absolute atomic E-state index is 1.03. The van der Waals surface area contributed by atoms with Gasteiger partial charge in [0, 0.05) is 26.1 Å². The quantitative estimate of drug-likeness (QED) is 0.765.